The topological polar surface area (TPSA) is 51.0 Å². The van der Waals surface area contributed by atoms with E-state index in [-0.39, 0.29) is 6.04 Å². The molecule has 3 aromatic rings. The fourth-order valence-corrected chi connectivity index (χ4v) is 2.26. The van der Waals surface area contributed by atoms with Crippen molar-refractivity contribution in [2.75, 3.05) is 0 Å². The van der Waals surface area contributed by atoms with E-state index in [9.17, 15) is 0 Å². The van der Waals surface area contributed by atoms with Gasteiger partial charge in [-0.25, -0.2) is 0 Å². The third kappa shape index (κ3) is 3.53. The molecule has 0 radical (unpaired) electrons. The molecule has 0 bridgehead atoms. The van der Waals surface area contributed by atoms with Gasteiger partial charge in [0.15, 0.2) is 0 Å². The Kier molecular flexibility index (Phi) is 4.51. The fourth-order valence-electron chi connectivity index (χ4n) is 2.13. The first kappa shape index (κ1) is 14.8. The zero-order chi connectivity index (χ0) is 15.4. The third-order valence-corrected chi connectivity index (χ3v) is 3.67. The van der Waals surface area contributed by atoms with Crippen LogP contribution < -0.4 is 5.32 Å². The lowest BCUT2D eigenvalue weighted by Crippen LogP contribution is -2.18. The molecule has 1 atom stereocenters. The molecule has 0 aliphatic rings. The Balaban J connectivity index is 1.62. The number of hydrogen-bond donors (Lipinski definition) is 1. The Morgan fingerprint density at radius 1 is 1.05 bits per heavy atom. The van der Waals surface area contributed by atoms with Gasteiger partial charge in [0.25, 0.3) is 0 Å². The van der Waals surface area contributed by atoms with Gasteiger partial charge < -0.3 is 9.73 Å². The van der Waals surface area contributed by atoms with Crippen LogP contribution in [0.2, 0.25) is 5.02 Å². The monoisotopic (exact) mass is 313 g/mol. The van der Waals surface area contributed by atoms with Crippen molar-refractivity contribution in [2.24, 2.45) is 0 Å². The summed E-state index contributed by atoms with van der Waals surface area (Å²) in [6.07, 6.45) is 0. The summed E-state index contributed by atoms with van der Waals surface area (Å²) in [5, 5.41) is 12.2. The van der Waals surface area contributed by atoms with Crippen LogP contribution in [0.15, 0.2) is 59.0 Å². The van der Waals surface area contributed by atoms with Crippen molar-refractivity contribution in [3.63, 3.8) is 0 Å². The minimum absolute atomic E-state index is 0.171. The first-order valence-corrected chi connectivity index (χ1v) is 7.47. The molecule has 0 spiro atoms. The minimum Gasteiger partial charge on any atom is -0.419 e. The normalized spacial score (nSPS) is 12.3. The number of nitrogens with one attached hydrogen (secondary N) is 1. The first-order chi connectivity index (χ1) is 10.7. The molecule has 1 aromatic heterocycles. The molecule has 1 N–H and O–H groups in total. The average Bonchev–Trinajstić information content (AvgIpc) is 3.03. The van der Waals surface area contributed by atoms with E-state index < -0.39 is 0 Å². The predicted octanol–water partition coefficient (Wildman–Crippen LogP) is 4.24. The molecule has 22 heavy (non-hydrogen) atoms. The number of aromatic nitrogens is 2. The molecule has 0 saturated carbocycles. The average molecular weight is 314 g/mol. The van der Waals surface area contributed by atoms with Crippen molar-refractivity contribution in [1.29, 1.82) is 0 Å². The highest BCUT2D eigenvalue weighted by Crippen LogP contribution is 2.19. The molecule has 0 amide bonds. The predicted molar refractivity (Wildman–Crippen MR) is 86.4 cm³/mol. The molecule has 0 aliphatic heterocycles. The van der Waals surface area contributed by atoms with E-state index in [0.29, 0.717) is 18.3 Å². The summed E-state index contributed by atoms with van der Waals surface area (Å²) in [4.78, 5) is 0. The van der Waals surface area contributed by atoms with Crippen LogP contribution in [0.25, 0.3) is 11.5 Å². The minimum atomic E-state index is 0.171. The molecule has 1 heterocycles. The highest BCUT2D eigenvalue weighted by Gasteiger charge is 2.10. The summed E-state index contributed by atoms with van der Waals surface area (Å²) in [5.41, 5.74) is 2.08. The maximum Gasteiger partial charge on any atom is 0.247 e. The van der Waals surface area contributed by atoms with Gasteiger partial charge in [-0.05, 0) is 36.8 Å². The second-order valence-corrected chi connectivity index (χ2v) is 5.46. The van der Waals surface area contributed by atoms with Crippen LogP contribution in [0, 0.1) is 0 Å². The first-order valence-electron chi connectivity index (χ1n) is 7.09. The molecular formula is C17H16ClN3O. The summed E-state index contributed by atoms with van der Waals surface area (Å²) in [5.74, 6) is 1.11. The Morgan fingerprint density at radius 3 is 2.50 bits per heavy atom. The van der Waals surface area contributed by atoms with E-state index in [2.05, 4.69) is 22.4 Å². The van der Waals surface area contributed by atoms with Crippen LogP contribution in [0.4, 0.5) is 0 Å². The van der Waals surface area contributed by atoms with Gasteiger partial charge in [0.2, 0.25) is 11.8 Å². The van der Waals surface area contributed by atoms with Crippen LogP contribution in [0.1, 0.15) is 24.4 Å². The van der Waals surface area contributed by atoms with Gasteiger partial charge in [-0.15, -0.1) is 10.2 Å². The molecule has 0 unspecified atom stereocenters. The van der Waals surface area contributed by atoms with Crippen LogP contribution in [-0.4, -0.2) is 10.2 Å². The smallest absolute Gasteiger partial charge is 0.247 e. The lowest BCUT2D eigenvalue weighted by Gasteiger charge is -2.12. The lowest BCUT2D eigenvalue weighted by molar-refractivity contribution is 0.454. The largest absolute Gasteiger partial charge is 0.419 e. The zero-order valence-electron chi connectivity index (χ0n) is 12.2. The van der Waals surface area contributed by atoms with Gasteiger partial charge in [-0.3, -0.25) is 0 Å². The lowest BCUT2D eigenvalue weighted by atomic mass is 10.1. The van der Waals surface area contributed by atoms with Crippen molar-refractivity contribution in [3.05, 3.63) is 71.1 Å². The molecule has 112 valence electrons. The highest BCUT2D eigenvalue weighted by atomic mass is 35.5. The number of benzene rings is 2. The molecular weight excluding hydrogens is 298 g/mol. The Labute approximate surface area is 134 Å². The van der Waals surface area contributed by atoms with Gasteiger partial charge in [-0.1, -0.05) is 41.9 Å². The number of hydrogen-bond acceptors (Lipinski definition) is 4. The number of nitrogens with zero attached hydrogens (tertiary/aromatic N) is 2. The summed E-state index contributed by atoms with van der Waals surface area (Å²) in [6, 6.07) is 17.7. The highest BCUT2D eigenvalue weighted by molar-refractivity contribution is 6.30. The Morgan fingerprint density at radius 2 is 1.77 bits per heavy atom. The summed E-state index contributed by atoms with van der Waals surface area (Å²) in [6.45, 7) is 2.60. The van der Waals surface area contributed by atoms with Crippen LogP contribution in [0.5, 0.6) is 0 Å². The second-order valence-electron chi connectivity index (χ2n) is 5.02. The second kappa shape index (κ2) is 6.73. The quantitative estimate of drug-likeness (QED) is 0.765. The standard InChI is InChI=1S/C17H16ClN3O/c1-12(13-7-9-15(18)10-8-13)19-11-16-20-21-17(22-16)14-5-3-2-4-6-14/h2-10,12,19H,11H2,1H3/t12-/m0/s1. The van der Waals surface area contributed by atoms with Crippen molar-refractivity contribution < 1.29 is 4.42 Å². The van der Waals surface area contributed by atoms with E-state index in [1.807, 2.05) is 54.6 Å². The van der Waals surface area contributed by atoms with E-state index in [1.165, 1.54) is 0 Å². The van der Waals surface area contributed by atoms with Gasteiger partial charge >= 0.3 is 0 Å². The van der Waals surface area contributed by atoms with Crippen LogP contribution in [-0.2, 0) is 6.54 Å². The molecule has 5 heteroatoms. The van der Waals surface area contributed by atoms with Crippen molar-refractivity contribution >= 4 is 11.6 Å². The maximum atomic E-state index is 5.90. The summed E-state index contributed by atoms with van der Waals surface area (Å²) < 4.78 is 5.67. The van der Waals surface area contributed by atoms with Crippen LogP contribution >= 0.6 is 11.6 Å². The zero-order valence-corrected chi connectivity index (χ0v) is 12.9. The van der Waals surface area contributed by atoms with Crippen LogP contribution in [0.3, 0.4) is 0 Å². The third-order valence-electron chi connectivity index (χ3n) is 3.42. The molecule has 0 fully saturated rings. The van der Waals surface area contributed by atoms with Gasteiger partial charge in [-0.2, -0.15) is 0 Å². The van der Waals surface area contributed by atoms with Gasteiger partial charge in [0.05, 0.1) is 6.54 Å². The molecule has 0 saturated heterocycles. The molecule has 3 rings (SSSR count). The Bertz CT molecular complexity index is 725. The van der Waals surface area contributed by atoms with Crippen molar-refractivity contribution in [1.82, 2.24) is 15.5 Å². The summed E-state index contributed by atoms with van der Waals surface area (Å²) in [7, 11) is 0. The van der Waals surface area contributed by atoms with E-state index >= 15 is 0 Å². The van der Waals surface area contributed by atoms with E-state index in [0.717, 1.165) is 16.1 Å². The van der Waals surface area contributed by atoms with Crippen molar-refractivity contribution in [2.45, 2.75) is 19.5 Å². The number of rotatable bonds is 5. The molecule has 2 aromatic carbocycles. The van der Waals surface area contributed by atoms with E-state index in [1.54, 1.807) is 0 Å². The molecule has 0 aliphatic carbocycles. The molecule has 4 nitrogen and oxygen atoms in total. The van der Waals surface area contributed by atoms with E-state index in [4.69, 9.17) is 16.0 Å². The summed E-state index contributed by atoms with van der Waals surface area (Å²) >= 11 is 5.90. The fraction of sp³-hybridized carbons (Fsp3) is 0.176. The Hall–Kier alpha value is -2.17. The van der Waals surface area contributed by atoms with Gasteiger partial charge in [0, 0.05) is 16.6 Å². The van der Waals surface area contributed by atoms with Crippen molar-refractivity contribution in [3.8, 4) is 11.5 Å². The van der Waals surface area contributed by atoms with Gasteiger partial charge in [0.1, 0.15) is 0 Å². The SMILES string of the molecule is C[C@H](NCc1nnc(-c2ccccc2)o1)c1ccc(Cl)cc1. The maximum absolute atomic E-state index is 5.90. The number of halogens is 1.